The molecule has 0 unspecified atom stereocenters. The third-order valence-electron chi connectivity index (χ3n) is 2.35. The van der Waals surface area contributed by atoms with Gasteiger partial charge >= 0.3 is 0 Å². The number of carbonyl (C=O) groups is 1. The fraction of sp³-hybridized carbons (Fsp3) is 0.462. The first kappa shape index (κ1) is 12.7. The molecule has 16 heavy (non-hydrogen) atoms. The summed E-state index contributed by atoms with van der Waals surface area (Å²) in [6.07, 6.45) is 0.419. The third-order valence-corrected chi connectivity index (χ3v) is 2.35. The van der Waals surface area contributed by atoms with Crippen molar-refractivity contribution in [3.8, 4) is 0 Å². The zero-order valence-electron chi connectivity index (χ0n) is 10.2. The molecule has 88 valence electrons. The van der Waals surface area contributed by atoms with Crippen LogP contribution < -0.4 is 11.1 Å². The number of rotatable bonds is 4. The summed E-state index contributed by atoms with van der Waals surface area (Å²) in [4.78, 5) is 11.6. The molecule has 0 bridgehead atoms. The van der Waals surface area contributed by atoms with Crippen molar-refractivity contribution >= 4 is 5.91 Å². The maximum Gasteiger partial charge on any atom is 0.224 e. The van der Waals surface area contributed by atoms with Gasteiger partial charge in [0.1, 0.15) is 0 Å². The van der Waals surface area contributed by atoms with Gasteiger partial charge in [0.2, 0.25) is 5.91 Å². The first-order valence-electron chi connectivity index (χ1n) is 5.48. The molecule has 0 atom stereocenters. The summed E-state index contributed by atoms with van der Waals surface area (Å²) in [7, 11) is 0. The number of hydrogen-bond acceptors (Lipinski definition) is 2. The number of nitrogens with one attached hydrogen (secondary N) is 1. The SMILES string of the molecule is Cc1ccccc1CC(=O)NCC(C)(C)N. The van der Waals surface area contributed by atoms with Crippen LogP contribution in [0.15, 0.2) is 24.3 Å². The molecule has 1 rings (SSSR count). The lowest BCUT2D eigenvalue weighted by Crippen LogP contribution is -2.45. The van der Waals surface area contributed by atoms with E-state index in [-0.39, 0.29) is 11.4 Å². The average Bonchev–Trinajstić information content (AvgIpc) is 2.18. The summed E-state index contributed by atoms with van der Waals surface area (Å²) < 4.78 is 0. The second-order valence-corrected chi connectivity index (χ2v) is 4.87. The minimum absolute atomic E-state index is 0.0211. The Bertz CT molecular complexity index is 366. The van der Waals surface area contributed by atoms with Gasteiger partial charge in [-0.15, -0.1) is 0 Å². The third kappa shape index (κ3) is 4.45. The van der Waals surface area contributed by atoms with Crippen molar-refractivity contribution in [1.29, 1.82) is 0 Å². The van der Waals surface area contributed by atoms with Crippen LogP contribution >= 0.6 is 0 Å². The zero-order valence-corrected chi connectivity index (χ0v) is 10.2. The zero-order chi connectivity index (χ0) is 12.2. The molecule has 0 aromatic heterocycles. The number of carbonyl (C=O) groups excluding carboxylic acids is 1. The van der Waals surface area contributed by atoms with E-state index in [4.69, 9.17) is 5.73 Å². The van der Waals surface area contributed by atoms with Crippen LogP contribution in [0.1, 0.15) is 25.0 Å². The Balaban J connectivity index is 2.50. The molecule has 0 saturated carbocycles. The lowest BCUT2D eigenvalue weighted by atomic mass is 10.0. The average molecular weight is 220 g/mol. The molecule has 0 aliphatic carbocycles. The minimum Gasteiger partial charge on any atom is -0.354 e. The summed E-state index contributed by atoms with van der Waals surface area (Å²) in [5.74, 6) is 0.0211. The molecule has 0 aliphatic rings. The molecule has 0 radical (unpaired) electrons. The van der Waals surface area contributed by atoms with E-state index in [1.165, 1.54) is 0 Å². The van der Waals surface area contributed by atoms with Gasteiger partial charge in [0.05, 0.1) is 6.42 Å². The lowest BCUT2D eigenvalue weighted by molar-refractivity contribution is -0.120. The van der Waals surface area contributed by atoms with Crippen molar-refractivity contribution in [3.05, 3.63) is 35.4 Å². The Kier molecular flexibility index (Phi) is 4.07. The maximum absolute atomic E-state index is 11.6. The number of nitrogens with two attached hydrogens (primary N) is 1. The Morgan fingerprint density at radius 3 is 2.56 bits per heavy atom. The van der Waals surface area contributed by atoms with Crippen molar-refractivity contribution in [2.75, 3.05) is 6.54 Å². The van der Waals surface area contributed by atoms with Crippen molar-refractivity contribution in [2.45, 2.75) is 32.7 Å². The van der Waals surface area contributed by atoms with Crippen molar-refractivity contribution in [2.24, 2.45) is 5.73 Å². The molecule has 0 heterocycles. The topological polar surface area (TPSA) is 55.1 Å². The van der Waals surface area contributed by atoms with Gasteiger partial charge in [-0.2, -0.15) is 0 Å². The summed E-state index contributed by atoms with van der Waals surface area (Å²) in [6, 6.07) is 7.90. The van der Waals surface area contributed by atoms with E-state index in [9.17, 15) is 4.79 Å². The monoisotopic (exact) mass is 220 g/mol. The molecule has 3 heteroatoms. The Labute approximate surface area is 97.0 Å². The van der Waals surface area contributed by atoms with Gasteiger partial charge in [-0.25, -0.2) is 0 Å². The van der Waals surface area contributed by atoms with Crippen LogP contribution in [-0.2, 0) is 11.2 Å². The lowest BCUT2D eigenvalue weighted by Gasteiger charge is -2.19. The van der Waals surface area contributed by atoms with Crippen LogP contribution in [0.5, 0.6) is 0 Å². The van der Waals surface area contributed by atoms with Crippen LogP contribution in [0.4, 0.5) is 0 Å². The summed E-state index contributed by atoms with van der Waals surface area (Å²) >= 11 is 0. The number of amides is 1. The van der Waals surface area contributed by atoms with Crippen molar-refractivity contribution in [1.82, 2.24) is 5.32 Å². The molecule has 0 spiro atoms. The van der Waals surface area contributed by atoms with E-state index < -0.39 is 0 Å². The first-order chi connectivity index (χ1) is 7.38. The quantitative estimate of drug-likeness (QED) is 0.805. The molecule has 1 amide bonds. The fourth-order valence-electron chi connectivity index (χ4n) is 1.37. The van der Waals surface area contributed by atoms with E-state index in [0.29, 0.717) is 13.0 Å². The van der Waals surface area contributed by atoms with Gasteiger partial charge in [0, 0.05) is 12.1 Å². The number of benzene rings is 1. The Morgan fingerprint density at radius 2 is 2.00 bits per heavy atom. The maximum atomic E-state index is 11.6. The highest BCUT2D eigenvalue weighted by Gasteiger charge is 2.12. The van der Waals surface area contributed by atoms with Crippen LogP contribution in [-0.4, -0.2) is 18.0 Å². The van der Waals surface area contributed by atoms with Crippen LogP contribution in [0, 0.1) is 6.92 Å². The normalized spacial score (nSPS) is 11.2. The van der Waals surface area contributed by atoms with E-state index >= 15 is 0 Å². The molecular weight excluding hydrogens is 200 g/mol. The van der Waals surface area contributed by atoms with E-state index in [2.05, 4.69) is 5.32 Å². The second-order valence-electron chi connectivity index (χ2n) is 4.87. The van der Waals surface area contributed by atoms with Gasteiger partial charge in [-0.3, -0.25) is 4.79 Å². The number of hydrogen-bond donors (Lipinski definition) is 2. The molecular formula is C13H20N2O. The second kappa shape index (κ2) is 5.12. The standard InChI is InChI=1S/C13H20N2O/c1-10-6-4-5-7-11(10)8-12(16)15-9-13(2,3)14/h4-7H,8-9,14H2,1-3H3,(H,15,16). The largest absolute Gasteiger partial charge is 0.354 e. The highest BCUT2D eigenvalue weighted by Crippen LogP contribution is 2.07. The first-order valence-corrected chi connectivity index (χ1v) is 5.48. The van der Waals surface area contributed by atoms with Gasteiger partial charge in [-0.05, 0) is 31.9 Å². The van der Waals surface area contributed by atoms with E-state index in [0.717, 1.165) is 11.1 Å². The van der Waals surface area contributed by atoms with Crippen molar-refractivity contribution < 1.29 is 4.79 Å². The predicted molar refractivity (Wildman–Crippen MR) is 66.2 cm³/mol. The summed E-state index contributed by atoms with van der Waals surface area (Å²) in [5, 5.41) is 2.83. The molecule has 0 aliphatic heterocycles. The van der Waals surface area contributed by atoms with Crippen molar-refractivity contribution in [3.63, 3.8) is 0 Å². The molecule has 0 fully saturated rings. The summed E-state index contributed by atoms with van der Waals surface area (Å²) in [5.41, 5.74) is 7.64. The molecule has 0 saturated heterocycles. The van der Waals surface area contributed by atoms with Gasteiger partial charge in [-0.1, -0.05) is 24.3 Å². The van der Waals surface area contributed by atoms with Crippen LogP contribution in [0.25, 0.3) is 0 Å². The highest BCUT2D eigenvalue weighted by atomic mass is 16.1. The Hall–Kier alpha value is -1.35. The minimum atomic E-state index is -0.360. The fourth-order valence-corrected chi connectivity index (χ4v) is 1.37. The van der Waals surface area contributed by atoms with E-state index in [1.54, 1.807) is 0 Å². The van der Waals surface area contributed by atoms with Gasteiger partial charge < -0.3 is 11.1 Å². The van der Waals surface area contributed by atoms with Crippen LogP contribution in [0.2, 0.25) is 0 Å². The molecule has 3 N–H and O–H groups in total. The highest BCUT2D eigenvalue weighted by molar-refractivity contribution is 5.78. The molecule has 3 nitrogen and oxygen atoms in total. The Morgan fingerprint density at radius 1 is 1.38 bits per heavy atom. The van der Waals surface area contributed by atoms with Gasteiger partial charge in [0.15, 0.2) is 0 Å². The number of aryl methyl sites for hydroxylation is 1. The predicted octanol–water partition coefficient (Wildman–Crippen LogP) is 1.39. The molecule has 1 aromatic carbocycles. The molecule has 1 aromatic rings. The van der Waals surface area contributed by atoms with E-state index in [1.807, 2.05) is 45.0 Å². The summed E-state index contributed by atoms with van der Waals surface area (Å²) in [6.45, 7) is 6.29. The van der Waals surface area contributed by atoms with Gasteiger partial charge in [0.25, 0.3) is 0 Å². The smallest absolute Gasteiger partial charge is 0.224 e. The van der Waals surface area contributed by atoms with Crippen LogP contribution in [0.3, 0.4) is 0 Å².